The van der Waals surface area contributed by atoms with Crippen molar-refractivity contribution in [3.63, 3.8) is 0 Å². The van der Waals surface area contributed by atoms with Crippen molar-refractivity contribution < 1.29 is 19.8 Å². The van der Waals surface area contributed by atoms with Crippen LogP contribution in [0.25, 0.3) is 0 Å². The van der Waals surface area contributed by atoms with Crippen LogP contribution in [0.15, 0.2) is 4.60 Å². The van der Waals surface area contributed by atoms with Crippen LogP contribution < -0.4 is 0 Å². The molecule has 80 valence electrons. The molecule has 0 bridgehead atoms. The summed E-state index contributed by atoms with van der Waals surface area (Å²) in [6, 6.07) is 0. The van der Waals surface area contributed by atoms with Crippen LogP contribution >= 0.6 is 15.9 Å². The molecule has 2 N–H and O–H groups in total. The van der Waals surface area contributed by atoms with Crippen molar-refractivity contribution in [2.24, 2.45) is 0 Å². The van der Waals surface area contributed by atoms with Crippen molar-refractivity contribution in [2.45, 2.75) is 13.8 Å². The summed E-state index contributed by atoms with van der Waals surface area (Å²) < 4.78 is 0.0375. The topological polar surface area (TPSA) is 87.5 Å². The van der Waals surface area contributed by atoms with Crippen LogP contribution in [0, 0.1) is 13.8 Å². The zero-order valence-corrected chi connectivity index (χ0v) is 9.62. The quantitative estimate of drug-likeness (QED) is 0.803. The summed E-state index contributed by atoms with van der Waals surface area (Å²) in [5, 5.41) is 17.8. The van der Waals surface area contributed by atoms with E-state index in [9.17, 15) is 9.59 Å². The second-order valence-electron chi connectivity index (χ2n) is 2.97. The molecule has 0 radical (unpaired) electrons. The number of aryl methyl sites for hydroxylation is 1. The van der Waals surface area contributed by atoms with Crippen LogP contribution in [0.5, 0.6) is 0 Å². The van der Waals surface area contributed by atoms with Crippen LogP contribution in [0.2, 0.25) is 0 Å². The molecule has 5 nitrogen and oxygen atoms in total. The molecule has 0 saturated carbocycles. The second-order valence-corrected chi connectivity index (χ2v) is 3.72. The Morgan fingerprint density at radius 1 is 1.13 bits per heavy atom. The zero-order chi connectivity index (χ0) is 11.7. The Balaban J connectivity index is 3.69. The highest BCUT2D eigenvalue weighted by Gasteiger charge is 2.24. The summed E-state index contributed by atoms with van der Waals surface area (Å²) in [6.07, 6.45) is 0. The molecule has 0 aliphatic carbocycles. The fraction of sp³-hybridized carbons (Fsp3) is 0.222. The minimum Gasteiger partial charge on any atom is -0.478 e. The molecule has 1 heterocycles. The smallest absolute Gasteiger partial charge is 0.339 e. The van der Waals surface area contributed by atoms with Gasteiger partial charge in [-0.1, -0.05) is 0 Å². The summed E-state index contributed by atoms with van der Waals surface area (Å²) in [6.45, 7) is 3.16. The van der Waals surface area contributed by atoms with Crippen LogP contribution in [-0.2, 0) is 0 Å². The van der Waals surface area contributed by atoms with Gasteiger partial charge < -0.3 is 10.2 Å². The van der Waals surface area contributed by atoms with E-state index in [1.54, 1.807) is 6.92 Å². The van der Waals surface area contributed by atoms with Gasteiger partial charge in [0, 0.05) is 5.69 Å². The van der Waals surface area contributed by atoms with E-state index in [0.29, 0.717) is 11.3 Å². The Bertz CT molecular complexity index is 456. The molecular formula is C9H8BrNO4. The van der Waals surface area contributed by atoms with Crippen LogP contribution in [-0.4, -0.2) is 27.1 Å². The lowest BCUT2D eigenvalue weighted by Crippen LogP contribution is -2.13. The molecule has 0 aromatic carbocycles. The van der Waals surface area contributed by atoms with E-state index in [4.69, 9.17) is 10.2 Å². The monoisotopic (exact) mass is 273 g/mol. The van der Waals surface area contributed by atoms with E-state index < -0.39 is 11.9 Å². The van der Waals surface area contributed by atoms with Gasteiger partial charge in [-0.3, -0.25) is 0 Å². The van der Waals surface area contributed by atoms with Crippen LogP contribution in [0.4, 0.5) is 0 Å². The molecule has 1 aromatic heterocycles. The van der Waals surface area contributed by atoms with E-state index >= 15 is 0 Å². The number of nitrogens with zero attached hydrogens (tertiary/aromatic N) is 1. The zero-order valence-electron chi connectivity index (χ0n) is 8.04. The molecule has 0 amide bonds. The number of rotatable bonds is 2. The highest BCUT2D eigenvalue weighted by atomic mass is 79.9. The lowest BCUT2D eigenvalue weighted by atomic mass is 10.0. The van der Waals surface area contributed by atoms with Gasteiger partial charge in [0.15, 0.2) is 0 Å². The summed E-state index contributed by atoms with van der Waals surface area (Å²) in [5.74, 6) is -2.58. The summed E-state index contributed by atoms with van der Waals surface area (Å²) in [4.78, 5) is 25.7. The molecule has 15 heavy (non-hydrogen) atoms. The maximum Gasteiger partial charge on any atom is 0.339 e. The van der Waals surface area contributed by atoms with E-state index in [1.165, 1.54) is 6.92 Å². The fourth-order valence-corrected chi connectivity index (χ4v) is 1.85. The number of carboxylic acid groups (broad SMARTS) is 2. The van der Waals surface area contributed by atoms with Crippen molar-refractivity contribution in [2.75, 3.05) is 0 Å². The van der Waals surface area contributed by atoms with Crippen molar-refractivity contribution in [1.29, 1.82) is 0 Å². The molecule has 0 aliphatic heterocycles. The van der Waals surface area contributed by atoms with Gasteiger partial charge in [-0.15, -0.1) is 0 Å². The second kappa shape index (κ2) is 3.98. The molecule has 0 spiro atoms. The maximum atomic E-state index is 10.9. The molecule has 1 aromatic rings. The summed E-state index contributed by atoms with van der Waals surface area (Å²) >= 11 is 2.95. The molecule has 0 saturated heterocycles. The Morgan fingerprint density at radius 3 is 2.00 bits per heavy atom. The number of pyridine rings is 1. The normalized spacial score (nSPS) is 10.1. The number of carboxylic acids is 2. The Morgan fingerprint density at radius 2 is 1.60 bits per heavy atom. The number of hydrogen-bond donors (Lipinski definition) is 2. The highest BCUT2D eigenvalue weighted by Crippen LogP contribution is 2.23. The Hall–Kier alpha value is -1.43. The third-order valence-corrected chi connectivity index (χ3v) is 2.64. The van der Waals surface area contributed by atoms with Crippen molar-refractivity contribution in [1.82, 2.24) is 4.98 Å². The molecule has 6 heteroatoms. The van der Waals surface area contributed by atoms with Crippen LogP contribution in [0.1, 0.15) is 32.0 Å². The van der Waals surface area contributed by atoms with Gasteiger partial charge in [0.2, 0.25) is 0 Å². The minimum absolute atomic E-state index is 0.0375. The number of halogens is 1. The number of aromatic nitrogens is 1. The third-order valence-electron chi connectivity index (χ3n) is 2.07. The number of carbonyl (C=O) groups is 2. The Kier molecular flexibility index (Phi) is 3.09. The lowest BCUT2D eigenvalue weighted by molar-refractivity contribution is 0.0649. The van der Waals surface area contributed by atoms with Gasteiger partial charge >= 0.3 is 11.9 Å². The summed E-state index contributed by atoms with van der Waals surface area (Å²) in [5.41, 5.74) is 0.319. The molecule has 0 atom stereocenters. The first kappa shape index (κ1) is 11.6. The largest absolute Gasteiger partial charge is 0.478 e. The fourth-order valence-electron chi connectivity index (χ4n) is 1.22. The predicted octanol–water partition coefficient (Wildman–Crippen LogP) is 1.86. The van der Waals surface area contributed by atoms with Crippen molar-refractivity contribution in [3.8, 4) is 0 Å². The van der Waals surface area contributed by atoms with Gasteiger partial charge in [0.1, 0.15) is 10.2 Å². The van der Waals surface area contributed by atoms with E-state index in [-0.39, 0.29) is 15.7 Å². The number of aromatic carboxylic acids is 2. The third kappa shape index (κ3) is 1.99. The van der Waals surface area contributed by atoms with Gasteiger partial charge in [-0.25, -0.2) is 14.6 Å². The lowest BCUT2D eigenvalue weighted by Gasteiger charge is -2.09. The van der Waals surface area contributed by atoms with Crippen molar-refractivity contribution in [3.05, 3.63) is 27.0 Å². The van der Waals surface area contributed by atoms with E-state index in [2.05, 4.69) is 20.9 Å². The maximum absolute atomic E-state index is 10.9. The van der Waals surface area contributed by atoms with Gasteiger partial charge in [0.25, 0.3) is 0 Å². The first-order valence-corrected chi connectivity index (χ1v) is 4.78. The van der Waals surface area contributed by atoms with Gasteiger partial charge in [-0.2, -0.15) is 0 Å². The molecule has 1 rings (SSSR count). The Labute approximate surface area is 93.9 Å². The minimum atomic E-state index is -1.31. The summed E-state index contributed by atoms with van der Waals surface area (Å²) in [7, 11) is 0. The van der Waals surface area contributed by atoms with Gasteiger partial charge in [-0.05, 0) is 35.3 Å². The first-order chi connectivity index (χ1) is 6.86. The average molecular weight is 274 g/mol. The standard InChI is InChI=1S/C9H8BrNO4/c1-3-4(2)11-7(10)6(9(14)15)5(3)8(12)13/h1-2H3,(H,12,13)(H,14,15). The molecule has 0 fully saturated rings. The number of hydrogen-bond acceptors (Lipinski definition) is 3. The predicted molar refractivity (Wildman–Crippen MR) is 55.3 cm³/mol. The molecule has 0 aliphatic rings. The first-order valence-electron chi connectivity index (χ1n) is 3.99. The van der Waals surface area contributed by atoms with Crippen LogP contribution in [0.3, 0.4) is 0 Å². The van der Waals surface area contributed by atoms with Gasteiger partial charge in [0.05, 0.1) is 5.56 Å². The molecular weight excluding hydrogens is 266 g/mol. The average Bonchev–Trinajstić information content (AvgIpc) is 2.09. The van der Waals surface area contributed by atoms with E-state index in [0.717, 1.165) is 0 Å². The SMILES string of the molecule is Cc1nc(Br)c(C(=O)O)c(C(=O)O)c1C. The molecule has 0 unspecified atom stereocenters. The van der Waals surface area contributed by atoms with Crippen molar-refractivity contribution >= 4 is 27.9 Å². The van der Waals surface area contributed by atoms with E-state index in [1.807, 2.05) is 0 Å². The highest BCUT2D eigenvalue weighted by molar-refractivity contribution is 9.10.